The Kier molecular flexibility index (Phi) is 5.06. The van der Waals surface area contributed by atoms with Crippen LogP contribution in [-0.4, -0.2) is 10.2 Å². The van der Waals surface area contributed by atoms with E-state index in [9.17, 15) is 4.79 Å². The lowest BCUT2D eigenvalue weighted by Crippen LogP contribution is -2.27. The number of benzene rings is 3. The molecule has 2 heterocycles. The Labute approximate surface area is 191 Å². The van der Waals surface area contributed by atoms with Crippen LogP contribution < -0.4 is 4.90 Å². The molecule has 5 rings (SSSR count). The van der Waals surface area contributed by atoms with Gasteiger partial charge in [-0.15, -0.1) is 0 Å². The Balaban J connectivity index is 1.47. The van der Waals surface area contributed by atoms with E-state index in [1.54, 1.807) is 11.0 Å². The number of rotatable bonds is 3. The van der Waals surface area contributed by atoms with Crippen LogP contribution in [-0.2, 0) is 4.79 Å². The van der Waals surface area contributed by atoms with E-state index in [1.807, 2.05) is 78.9 Å². The molecule has 146 valence electrons. The summed E-state index contributed by atoms with van der Waals surface area (Å²) in [5.41, 5.74) is 1.77. The number of nitrogens with zero attached hydrogens (tertiary/aromatic N) is 1. The van der Waals surface area contributed by atoms with Crippen LogP contribution in [0.25, 0.3) is 28.2 Å². The number of fused-ring (bicyclic) bond motifs is 1. The highest BCUT2D eigenvalue weighted by molar-refractivity contribution is 9.10. The zero-order valence-corrected chi connectivity index (χ0v) is 18.8. The molecule has 0 unspecified atom stereocenters. The summed E-state index contributed by atoms with van der Waals surface area (Å²) < 4.78 is 7.47. The molecule has 0 bridgehead atoms. The molecule has 0 spiro atoms. The van der Waals surface area contributed by atoms with Crippen molar-refractivity contribution in [1.29, 1.82) is 0 Å². The normalized spacial score (nSPS) is 15.5. The van der Waals surface area contributed by atoms with Gasteiger partial charge in [0, 0.05) is 21.5 Å². The molecule has 1 fully saturated rings. The molecular formula is C24H14BrNO2S2. The fourth-order valence-corrected chi connectivity index (χ4v) is 4.94. The highest BCUT2D eigenvalue weighted by atomic mass is 79.9. The summed E-state index contributed by atoms with van der Waals surface area (Å²) in [7, 11) is 0. The second-order valence-corrected chi connectivity index (χ2v) is 9.32. The van der Waals surface area contributed by atoms with Gasteiger partial charge in [0.15, 0.2) is 4.32 Å². The van der Waals surface area contributed by atoms with E-state index < -0.39 is 0 Å². The molecule has 1 saturated heterocycles. The topological polar surface area (TPSA) is 33.5 Å². The van der Waals surface area contributed by atoms with Gasteiger partial charge in [0.25, 0.3) is 5.91 Å². The van der Waals surface area contributed by atoms with Gasteiger partial charge in [-0.05, 0) is 35.7 Å². The highest BCUT2D eigenvalue weighted by Gasteiger charge is 2.34. The van der Waals surface area contributed by atoms with Crippen LogP contribution in [0.1, 0.15) is 5.76 Å². The third-order valence-electron chi connectivity index (χ3n) is 4.83. The van der Waals surface area contributed by atoms with E-state index in [1.165, 1.54) is 11.8 Å². The summed E-state index contributed by atoms with van der Waals surface area (Å²) in [5, 5.41) is 2.06. The molecule has 0 aliphatic carbocycles. The fraction of sp³-hybridized carbons (Fsp3) is 0. The maximum absolute atomic E-state index is 13.2. The Hall–Kier alpha value is -2.67. The summed E-state index contributed by atoms with van der Waals surface area (Å²) in [6, 6.07) is 25.5. The lowest BCUT2D eigenvalue weighted by Gasteiger charge is -2.17. The lowest BCUT2D eigenvalue weighted by molar-refractivity contribution is -0.113. The number of thioether (sulfide) groups is 1. The molecule has 0 N–H and O–H groups in total. The molecule has 0 atom stereocenters. The minimum Gasteiger partial charge on any atom is -0.457 e. The average Bonchev–Trinajstić information content (AvgIpc) is 3.33. The molecule has 3 nitrogen and oxygen atoms in total. The monoisotopic (exact) mass is 491 g/mol. The van der Waals surface area contributed by atoms with E-state index in [-0.39, 0.29) is 5.91 Å². The summed E-state index contributed by atoms with van der Waals surface area (Å²) in [4.78, 5) is 15.3. The van der Waals surface area contributed by atoms with Crippen molar-refractivity contribution in [2.45, 2.75) is 0 Å². The van der Waals surface area contributed by atoms with Crippen LogP contribution >= 0.6 is 39.9 Å². The van der Waals surface area contributed by atoms with Crippen LogP contribution in [0.15, 0.2) is 92.7 Å². The van der Waals surface area contributed by atoms with Gasteiger partial charge in [-0.2, -0.15) is 0 Å². The fourth-order valence-electron chi connectivity index (χ4n) is 3.41. The Morgan fingerprint density at radius 1 is 0.933 bits per heavy atom. The van der Waals surface area contributed by atoms with Crippen molar-refractivity contribution in [3.8, 4) is 11.3 Å². The van der Waals surface area contributed by atoms with Crippen LogP contribution in [0.5, 0.6) is 0 Å². The van der Waals surface area contributed by atoms with Gasteiger partial charge in [0.1, 0.15) is 11.5 Å². The molecule has 1 aliphatic rings. The van der Waals surface area contributed by atoms with Crippen molar-refractivity contribution in [3.05, 3.63) is 94.0 Å². The zero-order valence-electron chi connectivity index (χ0n) is 15.5. The quantitative estimate of drug-likeness (QED) is 0.223. The van der Waals surface area contributed by atoms with E-state index >= 15 is 0 Å². The van der Waals surface area contributed by atoms with Crippen LogP contribution in [0, 0.1) is 0 Å². The third-order valence-corrected chi connectivity index (χ3v) is 6.66. The molecule has 3 aromatic carbocycles. The molecule has 1 amide bonds. The molecule has 1 aromatic heterocycles. The lowest BCUT2D eigenvalue weighted by atomic mass is 10.1. The number of hydrogen-bond donors (Lipinski definition) is 0. The first kappa shape index (κ1) is 19.3. The molecule has 0 saturated carbocycles. The first-order valence-corrected chi connectivity index (χ1v) is 11.2. The first-order chi connectivity index (χ1) is 14.6. The number of hydrogen-bond acceptors (Lipinski definition) is 4. The van der Waals surface area contributed by atoms with E-state index in [4.69, 9.17) is 16.6 Å². The van der Waals surface area contributed by atoms with Gasteiger partial charge in [0.2, 0.25) is 0 Å². The maximum Gasteiger partial charge on any atom is 0.270 e. The standard InChI is InChI=1S/C24H14BrNO2S2/c25-17-10-8-16(9-11-17)21-13-12-18(28-21)14-22-23(27)26(24(29)30-22)20-7-3-5-15-4-1-2-6-19(15)20/h1-14H/b22-14-. The number of furan rings is 1. The maximum atomic E-state index is 13.2. The van der Waals surface area contributed by atoms with Gasteiger partial charge in [-0.1, -0.05) is 88.4 Å². The summed E-state index contributed by atoms with van der Waals surface area (Å²) in [6.45, 7) is 0. The van der Waals surface area contributed by atoms with Gasteiger partial charge >= 0.3 is 0 Å². The van der Waals surface area contributed by atoms with Crippen LogP contribution in [0.3, 0.4) is 0 Å². The van der Waals surface area contributed by atoms with Crippen molar-refractivity contribution in [3.63, 3.8) is 0 Å². The summed E-state index contributed by atoms with van der Waals surface area (Å²) >= 11 is 10.3. The van der Waals surface area contributed by atoms with Crippen molar-refractivity contribution in [2.24, 2.45) is 0 Å². The second-order valence-electron chi connectivity index (χ2n) is 6.72. The molecular weight excluding hydrogens is 478 g/mol. The van der Waals surface area contributed by atoms with Gasteiger partial charge in [0.05, 0.1) is 10.6 Å². The Bertz CT molecular complexity index is 1320. The van der Waals surface area contributed by atoms with E-state index in [2.05, 4.69) is 15.9 Å². The van der Waals surface area contributed by atoms with Crippen molar-refractivity contribution in [2.75, 3.05) is 4.90 Å². The summed E-state index contributed by atoms with van der Waals surface area (Å²) in [5.74, 6) is 1.23. The van der Waals surface area contributed by atoms with Crippen LogP contribution in [0.2, 0.25) is 0 Å². The van der Waals surface area contributed by atoms with Gasteiger partial charge in [-0.25, -0.2) is 0 Å². The molecule has 0 radical (unpaired) electrons. The third kappa shape index (κ3) is 3.51. The zero-order chi connectivity index (χ0) is 20.7. The number of thiocarbonyl (C=S) groups is 1. The number of anilines is 1. The Morgan fingerprint density at radius 3 is 2.53 bits per heavy atom. The minimum absolute atomic E-state index is 0.136. The number of amides is 1. The number of carbonyl (C=O) groups excluding carboxylic acids is 1. The van der Waals surface area contributed by atoms with Crippen molar-refractivity contribution < 1.29 is 9.21 Å². The smallest absolute Gasteiger partial charge is 0.270 e. The van der Waals surface area contributed by atoms with E-state index in [0.29, 0.717) is 15.0 Å². The predicted molar refractivity (Wildman–Crippen MR) is 131 cm³/mol. The highest BCUT2D eigenvalue weighted by Crippen LogP contribution is 2.39. The average molecular weight is 492 g/mol. The Morgan fingerprint density at radius 2 is 1.70 bits per heavy atom. The van der Waals surface area contributed by atoms with Gasteiger partial charge in [-0.3, -0.25) is 9.69 Å². The summed E-state index contributed by atoms with van der Waals surface area (Å²) in [6.07, 6.45) is 1.76. The SMILES string of the molecule is O=C1/C(=C/c2ccc(-c3ccc(Br)cc3)o2)SC(=S)N1c1cccc2ccccc12. The van der Waals surface area contributed by atoms with Crippen molar-refractivity contribution >= 4 is 72.7 Å². The predicted octanol–water partition coefficient (Wildman–Crippen LogP) is 7.27. The number of carbonyl (C=O) groups is 1. The minimum atomic E-state index is -0.136. The second kappa shape index (κ2) is 7.87. The first-order valence-electron chi connectivity index (χ1n) is 9.22. The molecule has 30 heavy (non-hydrogen) atoms. The molecule has 6 heteroatoms. The number of halogens is 1. The molecule has 4 aromatic rings. The van der Waals surface area contributed by atoms with Crippen molar-refractivity contribution in [1.82, 2.24) is 0 Å². The van der Waals surface area contributed by atoms with Gasteiger partial charge < -0.3 is 4.42 Å². The van der Waals surface area contributed by atoms with E-state index in [0.717, 1.165) is 32.3 Å². The largest absolute Gasteiger partial charge is 0.457 e. The van der Waals surface area contributed by atoms with Crippen LogP contribution in [0.4, 0.5) is 5.69 Å². The molecule has 1 aliphatic heterocycles.